The van der Waals surface area contributed by atoms with Crippen molar-refractivity contribution in [2.45, 2.75) is 24.7 Å². The topological polar surface area (TPSA) is 46.5 Å². The van der Waals surface area contributed by atoms with Crippen molar-refractivity contribution in [3.05, 3.63) is 34.9 Å². The Kier molecular flexibility index (Phi) is 3.69. The summed E-state index contributed by atoms with van der Waals surface area (Å²) in [4.78, 5) is 10.4. The number of aliphatic carboxylic acids is 1. The summed E-state index contributed by atoms with van der Waals surface area (Å²) in [7, 11) is 0. The van der Waals surface area contributed by atoms with Gasteiger partial charge in [0, 0.05) is 10.4 Å². The highest BCUT2D eigenvalue weighted by molar-refractivity contribution is 6.30. The van der Waals surface area contributed by atoms with Gasteiger partial charge < -0.3 is 9.84 Å². The fourth-order valence-corrected chi connectivity index (χ4v) is 2.46. The number of ether oxygens (including phenoxy) is 1. The van der Waals surface area contributed by atoms with Crippen LogP contribution < -0.4 is 0 Å². The molecule has 1 aromatic rings. The first kappa shape index (κ1) is 12.4. The summed E-state index contributed by atoms with van der Waals surface area (Å²) in [6, 6.07) is 7.75. The molecule has 0 aromatic heterocycles. The number of carboxylic acids is 1. The number of carbonyl (C=O) groups is 1. The van der Waals surface area contributed by atoms with E-state index in [9.17, 15) is 4.79 Å². The summed E-state index contributed by atoms with van der Waals surface area (Å²) in [5.41, 5.74) is 1.13. The van der Waals surface area contributed by atoms with Gasteiger partial charge in [-0.2, -0.15) is 0 Å². The maximum absolute atomic E-state index is 10.4. The van der Waals surface area contributed by atoms with Gasteiger partial charge in [-0.15, -0.1) is 0 Å². The van der Waals surface area contributed by atoms with Gasteiger partial charge in [0.05, 0.1) is 6.61 Å². The Labute approximate surface area is 105 Å². The lowest BCUT2D eigenvalue weighted by molar-refractivity contribution is -0.143. The first-order chi connectivity index (χ1) is 8.12. The minimum absolute atomic E-state index is 0.0274. The molecule has 1 aliphatic rings. The molecule has 0 saturated heterocycles. The smallest absolute Gasteiger partial charge is 0.329 e. The molecule has 1 saturated carbocycles. The van der Waals surface area contributed by atoms with Crippen LogP contribution in [0.3, 0.4) is 0 Å². The summed E-state index contributed by atoms with van der Waals surface area (Å²) < 4.78 is 5.25. The number of hydrogen-bond donors (Lipinski definition) is 1. The van der Waals surface area contributed by atoms with Crippen LogP contribution in [0.5, 0.6) is 0 Å². The van der Waals surface area contributed by atoms with Gasteiger partial charge in [-0.25, -0.2) is 4.79 Å². The first-order valence-electron chi connectivity index (χ1n) is 5.68. The number of benzene rings is 1. The van der Waals surface area contributed by atoms with Crippen molar-refractivity contribution in [1.82, 2.24) is 0 Å². The molecule has 1 aromatic carbocycles. The van der Waals surface area contributed by atoms with Crippen molar-refractivity contribution < 1.29 is 14.6 Å². The van der Waals surface area contributed by atoms with E-state index in [1.807, 2.05) is 24.3 Å². The molecule has 0 aliphatic heterocycles. The van der Waals surface area contributed by atoms with Crippen molar-refractivity contribution in [2.75, 3.05) is 13.2 Å². The molecule has 0 atom stereocenters. The predicted octanol–water partition coefficient (Wildman–Crippen LogP) is 2.86. The fourth-order valence-electron chi connectivity index (χ4n) is 2.27. The zero-order valence-electron chi connectivity index (χ0n) is 9.49. The Bertz CT molecular complexity index is 413. The molecule has 3 nitrogen and oxygen atoms in total. The molecule has 2 rings (SSSR count). The normalized spacial score (nSPS) is 17.5. The molecule has 0 heterocycles. The highest BCUT2D eigenvalue weighted by Crippen LogP contribution is 2.44. The summed E-state index contributed by atoms with van der Waals surface area (Å²) in [5.74, 6) is -0.925. The van der Waals surface area contributed by atoms with Crippen LogP contribution in [-0.4, -0.2) is 24.3 Å². The molecule has 4 heteroatoms. The molecule has 0 bridgehead atoms. The van der Waals surface area contributed by atoms with Gasteiger partial charge in [0.2, 0.25) is 0 Å². The molecular weight excluding hydrogens is 240 g/mol. The third kappa shape index (κ3) is 2.79. The second-order valence-corrected chi connectivity index (χ2v) is 4.97. The second kappa shape index (κ2) is 5.07. The van der Waals surface area contributed by atoms with E-state index in [0.29, 0.717) is 11.6 Å². The summed E-state index contributed by atoms with van der Waals surface area (Å²) in [5, 5.41) is 9.28. The van der Waals surface area contributed by atoms with E-state index in [0.717, 1.165) is 24.8 Å². The van der Waals surface area contributed by atoms with E-state index in [2.05, 4.69) is 0 Å². The van der Waals surface area contributed by atoms with Gasteiger partial charge in [-0.1, -0.05) is 30.2 Å². The van der Waals surface area contributed by atoms with Crippen LogP contribution in [0.2, 0.25) is 5.02 Å². The quantitative estimate of drug-likeness (QED) is 0.879. The lowest BCUT2D eigenvalue weighted by Crippen LogP contribution is -2.39. The summed E-state index contributed by atoms with van der Waals surface area (Å²) >= 11 is 5.98. The molecule has 0 spiro atoms. The SMILES string of the molecule is O=C(O)COCC1(c2cccc(Cl)c2)CCC1. The Balaban J connectivity index is 2.06. The Morgan fingerprint density at radius 2 is 2.24 bits per heavy atom. The lowest BCUT2D eigenvalue weighted by Gasteiger charge is -2.42. The van der Waals surface area contributed by atoms with Crippen molar-refractivity contribution in [2.24, 2.45) is 0 Å². The van der Waals surface area contributed by atoms with Crippen molar-refractivity contribution in [3.8, 4) is 0 Å². The zero-order valence-corrected chi connectivity index (χ0v) is 10.2. The van der Waals surface area contributed by atoms with Gasteiger partial charge in [0.1, 0.15) is 6.61 Å². The van der Waals surface area contributed by atoms with Crippen LogP contribution in [0.4, 0.5) is 0 Å². The van der Waals surface area contributed by atoms with Crippen molar-refractivity contribution >= 4 is 17.6 Å². The minimum atomic E-state index is -0.925. The highest BCUT2D eigenvalue weighted by Gasteiger charge is 2.39. The zero-order chi connectivity index (χ0) is 12.3. The van der Waals surface area contributed by atoms with E-state index >= 15 is 0 Å². The third-order valence-corrected chi connectivity index (χ3v) is 3.59. The second-order valence-electron chi connectivity index (χ2n) is 4.53. The molecule has 1 N–H and O–H groups in total. The average Bonchev–Trinajstić information content (AvgIpc) is 2.21. The number of carboxylic acid groups (broad SMARTS) is 1. The average molecular weight is 255 g/mol. The standard InChI is InChI=1S/C13H15ClO3/c14-11-4-1-3-10(7-11)13(5-2-6-13)9-17-8-12(15)16/h1,3-4,7H,2,5-6,8-9H2,(H,15,16). The molecule has 1 aliphatic carbocycles. The number of rotatable bonds is 5. The van der Waals surface area contributed by atoms with Crippen LogP contribution in [0.1, 0.15) is 24.8 Å². The van der Waals surface area contributed by atoms with Crippen molar-refractivity contribution in [3.63, 3.8) is 0 Å². The fraction of sp³-hybridized carbons (Fsp3) is 0.462. The summed E-state index contributed by atoms with van der Waals surface area (Å²) in [6.07, 6.45) is 3.23. The number of hydrogen-bond acceptors (Lipinski definition) is 2. The van der Waals surface area contributed by atoms with Gasteiger partial charge in [0.25, 0.3) is 0 Å². The van der Waals surface area contributed by atoms with E-state index in [1.54, 1.807) is 0 Å². The van der Waals surface area contributed by atoms with E-state index in [-0.39, 0.29) is 12.0 Å². The predicted molar refractivity (Wildman–Crippen MR) is 65.4 cm³/mol. The van der Waals surface area contributed by atoms with Gasteiger partial charge in [0.15, 0.2) is 0 Å². The lowest BCUT2D eigenvalue weighted by atomic mass is 9.65. The Morgan fingerprint density at radius 3 is 2.76 bits per heavy atom. The van der Waals surface area contributed by atoms with E-state index in [1.165, 1.54) is 0 Å². The van der Waals surface area contributed by atoms with Crippen LogP contribution in [-0.2, 0) is 14.9 Å². The highest BCUT2D eigenvalue weighted by atomic mass is 35.5. The van der Waals surface area contributed by atoms with Crippen LogP contribution >= 0.6 is 11.6 Å². The third-order valence-electron chi connectivity index (χ3n) is 3.35. The van der Waals surface area contributed by atoms with Crippen LogP contribution in [0.15, 0.2) is 24.3 Å². The van der Waals surface area contributed by atoms with Gasteiger partial charge in [-0.3, -0.25) is 0 Å². The van der Waals surface area contributed by atoms with Crippen LogP contribution in [0.25, 0.3) is 0 Å². The van der Waals surface area contributed by atoms with E-state index in [4.69, 9.17) is 21.4 Å². The molecule has 92 valence electrons. The minimum Gasteiger partial charge on any atom is -0.480 e. The molecule has 0 unspecified atom stereocenters. The maximum Gasteiger partial charge on any atom is 0.329 e. The Morgan fingerprint density at radius 1 is 1.47 bits per heavy atom. The molecule has 0 radical (unpaired) electrons. The molecule has 1 fully saturated rings. The molecular formula is C13H15ClO3. The van der Waals surface area contributed by atoms with Gasteiger partial charge >= 0.3 is 5.97 Å². The maximum atomic E-state index is 10.4. The molecule has 17 heavy (non-hydrogen) atoms. The number of halogens is 1. The van der Waals surface area contributed by atoms with Crippen LogP contribution in [0, 0.1) is 0 Å². The summed E-state index contributed by atoms with van der Waals surface area (Å²) in [6.45, 7) is 0.224. The van der Waals surface area contributed by atoms with Crippen molar-refractivity contribution in [1.29, 1.82) is 0 Å². The first-order valence-corrected chi connectivity index (χ1v) is 6.06. The molecule has 0 amide bonds. The monoisotopic (exact) mass is 254 g/mol. The largest absolute Gasteiger partial charge is 0.480 e. The Hall–Kier alpha value is -1.06. The van der Waals surface area contributed by atoms with Gasteiger partial charge in [-0.05, 0) is 30.5 Å². The van der Waals surface area contributed by atoms with E-state index < -0.39 is 5.97 Å².